The number of alkyl halides is 3. The smallest absolute Gasteiger partial charge is 0.397 e. The Morgan fingerprint density at radius 1 is 1.42 bits per heavy atom. The summed E-state index contributed by atoms with van der Waals surface area (Å²) < 4.78 is 37.4. The molecule has 0 radical (unpaired) electrons. The summed E-state index contributed by atoms with van der Waals surface area (Å²) in [5, 5.41) is 0. The van der Waals surface area contributed by atoms with Gasteiger partial charge in [0, 0.05) is 24.9 Å². The standard InChI is InChI=1S/C12H12F3N3O/c13-12(14,15)8-3-6-18(7-4-8)11(19)10-9(16)2-1-5-17-10/h1-3,5H,4,6-7,16H2. The zero-order valence-electron chi connectivity index (χ0n) is 9.94. The Bertz CT molecular complexity index is 525. The quantitative estimate of drug-likeness (QED) is 0.795. The van der Waals surface area contributed by atoms with Crippen molar-refractivity contribution >= 4 is 11.6 Å². The highest BCUT2D eigenvalue weighted by Gasteiger charge is 2.35. The molecule has 0 fully saturated rings. The Kier molecular flexibility index (Phi) is 3.46. The van der Waals surface area contributed by atoms with E-state index in [0.29, 0.717) is 0 Å². The maximum absolute atomic E-state index is 12.5. The summed E-state index contributed by atoms with van der Waals surface area (Å²) >= 11 is 0. The number of carbonyl (C=O) groups excluding carboxylic acids is 1. The molecular weight excluding hydrogens is 259 g/mol. The van der Waals surface area contributed by atoms with Crippen LogP contribution in [-0.2, 0) is 0 Å². The molecule has 0 bridgehead atoms. The van der Waals surface area contributed by atoms with Crippen LogP contribution in [0.1, 0.15) is 16.9 Å². The molecule has 1 aliphatic rings. The number of nitrogens with zero attached hydrogens (tertiary/aromatic N) is 2. The minimum Gasteiger partial charge on any atom is -0.397 e. The van der Waals surface area contributed by atoms with Gasteiger partial charge in [-0.3, -0.25) is 4.79 Å². The van der Waals surface area contributed by atoms with Gasteiger partial charge in [-0.1, -0.05) is 6.08 Å². The average Bonchev–Trinajstić information content (AvgIpc) is 2.38. The van der Waals surface area contributed by atoms with E-state index in [2.05, 4.69) is 4.98 Å². The van der Waals surface area contributed by atoms with Crippen LogP contribution in [0.5, 0.6) is 0 Å². The Labute approximate surface area is 107 Å². The molecule has 102 valence electrons. The zero-order chi connectivity index (χ0) is 14.0. The molecule has 0 spiro atoms. The van der Waals surface area contributed by atoms with E-state index < -0.39 is 17.7 Å². The second kappa shape index (κ2) is 4.91. The summed E-state index contributed by atoms with van der Waals surface area (Å²) in [6.45, 7) is -0.0656. The summed E-state index contributed by atoms with van der Waals surface area (Å²) in [7, 11) is 0. The van der Waals surface area contributed by atoms with E-state index in [0.717, 1.165) is 6.08 Å². The van der Waals surface area contributed by atoms with Crippen LogP contribution in [-0.4, -0.2) is 35.1 Å². The van der Waals surface area contributed by atoms with E-state index in [1.165, 1.54) is 17.2 Å². The van der Waals surface area contributed by atoms with Crippen molar-refractivity contribution in [3.8, 4) is 0 Å². The lowest BCUT2D eigenvalue weighted by Gasteiger charge is -2.27. The summed E-state index contributed by atoms with van der Waals surface area (Å²) in [6.07, 6.45) is -2.08. The molecular formula is C12H12F3N3O. The largest absolute Gasteiger partial charge is 0.412 e. The third kappa shape index (κ3) is 2.86. The number of aromatic nitrogens is 1. The lowest BCUT2D eigenvalue weighted by atomic mass is 10.1. The fraction of sp³-hybridized carbons (Fsp3) is 0.333. The molecule has 0 aromatic carbocycles. The normalized spacial score (nSPS) is 16.2. The van der Waals surface area contributed by atoms with E-state index in [1.54, 1.807) is 6.07 Å². The molecule has 0 saturated carbocycles. The van der Waals surface area contributed by atoms with E-state index >= 15 is 0 Å². The highest BCUT2D eigenvalue weighted by molar-refractivity contribution is 5.97. The van der Waals surface area contributed by atoms with Gasteiger partial charge in [-0.2, -0.15) is 13.2 Å². The molecule has 2 heterocycles. The van der Waals surface area contributed by atoms with Crippen LogP contribution in [0.2, 0.25) is 0 Å². The number of nitrogens with two attached hydrogens (primary N) is 1. The number of amides is 1. The number of carbonyl (C=O) groups is 1. The van der Waals surface area contributed by atoms with Crippen molar-refractivity contribution in [2.75, 3.05) is 18.8 Å². The molecule has 1 aromatic rings. The van der Waals surface area contributed by atoms with Gasteiger partial charge in [0.2, 0.25) is 0 Å². The molecule has 2 N–H and O–H groups in total. The first-order chi connectivity index (χ1) is 8.89. The van der Waals surface area contributed by atoms with Gasteiger partial charge in [0.25, 0.3) is 5.91 Å². The van der Waals surface area contributed by atoms with Gasteiger partial charge in [-0.05, 0) is 18.6 Å². The van der Waals surface area contributed by atoms with Crippen LogP contribution in [0.4, 0.5) is 18.9 Å². The first-order valence-electron chi connectivity index (χ1n) is 5.65. The van der Waals surface area contributed by atoms with Gasteiger partial charge in [0.15, 0.2) is 5.69 Å². The fourth-order valence-corrected chi connectivity index (χ4v) is 1.86. The second-order valence-electron chi connectivity index (χ2n) is 4.17. The van der Waals surface area contributed by atoms with Crippen molar-refractivity contribution in [2.24, 2.45) is 0 Å². The van der Waals surface area contributed by atoms with Crippen LogP contribution in [0.25, 0.3) is 0 Å². The number of nitrogen functional groups attached to an aromatic ring is 1. The van der Waals surface area contributed by atoms with Crippen molar-refractivity contribution in [1.29, 1.82) is 0 Å². The molecule has 1 amide bonds. The van der Waals surface area contributed by atoms with Crippen molar-refractivity contribution in [3.05, 3.63) is 35.7 Å². The minimum absolute atomic E-state index is 0.0141. The molecule has 0 unspecified atom stereocenters. The van der Waals surface area contributed by atoms with Crippen LogP contribution in [0.15, 0.2) is 30.0 Å². The van der Waals surface area contributed by atoms with Gasteiger partial charge < -0.3 is 10.6 Å². The number of hydrogen-bond donors (Lipinski definition) is 1. The molecule has 7 heteroatoms. The number of hydrogen-bond acceptors (Lipinski definition) is 3. The maximum Gasteiger partial charge on any atom is 0.412 e. The van der Waals surface area contributed by atoms with Gasteiger partial charge in [0.05, 0.1) is 5.69 Å². The number of rotatable bonds is 1. The van der Waals surface area contributed by atoms with Crippen LogP contribution in [0, 0.1) is 0 Å². The van der Waals surface area contributed by atoms with Crippen molar-refractivity contribution < 1.29 is 18.0 Å². The first kappa shape index (κ1) is 13.4. The maximum atomic E-state index is 12.5. The van der Waals surface area contributed by atoms with Crippen molar-refractivity contribution in [1.82, 2.24) is 9.88 Å². The second-order valence-corrected chi connectivity index (χ2v) is 4.17. The lowest BCUT2D eigenvalue weighted by Crippen LogP contribution is -2.37. The van der Waals surface area contributed by atoms with Crippen molar-refractivity contribution in [2.45, 2.75) is 12.6 Å². The lowest BCUT2D eigenvalue weighted by molar-refractivity contribution is -0.0957. The third-order valence-corrected chi connectivity index (χ3v) is 2.90. The van der Waals surface area contributed by atoms with Crippen molar-refractivity contribution in [3.63, 3.8) is 0 Å². The minimum atomic E-state index is -4.32. The van der Waals surface area contributed by atoms with E-state index in [-0.39, 0.29) is 30.9 Å². The van der Waals surface area contributed by atoms with Gasteiger partial charge in [-0.25, -0.2) is 4.98 Å². The summed E-state index contributed by atoms with van der Waals surface area (Å²) in [5.74, 6) is -0.449. The molecule has 0 saturated heterocycles. The SMILES string of the molecule is Nc1cccnc1C(=O)N1CC=C(C(F)(F)F)CC1. The predicted molar refractivity (Wildman–Crippen MR) is 63.3 cm³/mol. The van der Waals surface area contributed by atoms with E-state index in [1.807, 2.05) is 0 Å². The number of halogens is 3. The number of pyridine rings is 1. The zero-order valence-corrected chi connectivity index (χ0v) is 9.94. The Morgan fingerprint density at radius 2 is 2.16 bits per heavy atom. The van der Waals surface area contributed by atoms with Gasteiger partial charge in [0.1, 0.15) is 0 Å². The highest BCUT2D eigenvalue weighted by atomic mass is 19.4. The van der Waals surface area contributed by atoms with Crippen LogP contribution >= 0.6 is 0 Å². The molecule has 2 rings (SSSR count). The Hall–Kier alpha value is -2.05. The first-order valence-corrected chi connectivity index (χ1v) is 5.65. The molecule has 0 atom stereocenters. The Balaban J connectivity index is 2.13. The van der Waals surface area contributed by atoms with Gasteiger partial charge in [-0.15, -0.1) is 0 Å². The Morgan fingerprint density at radius 3 is 2.68 bits per heavy atom. The fourth-order valence-electron chi connectivity index (χ4n) is 1.86. The topological polar surface area (TPSA) is 59.2 Å². The highest BCUT2D eigenvalue weighted by Crippen LogP contribution is 2.30. The molecule has 1 aromatic heterocycles. The summed E-state index contributed by atoms with van der Waals surface area (Å²) in [6, 6.07) is 3.12. The van der Waals surface area contributed by atoms with Crippen LogP contribution in [0.3, 0.4) is 0 Å². The third-order valence-electron chi connectivity index (χ3n) is 2.90. The summed E-state index contributed by atoms with van der Waals surface area (Å²) in [5.41, 5.74) is 5.32. The molecule has 4 nitrogen and oxygen atoms in total. The predicted octanol–water partition coefficient (Wildman–Crippen LogP) is 2.00. The molecule has 1 aliphatic heterocycles. The number of anilines is 1. The van der Waals surface area contributed by atoms with E-state index in [4.69, 9.17) is 5.73 Å². The molecule has 19 heavy (non-hydrogen) atoms. The summed E-state index contributed by atoms with van der Waals surface area (Å²) in [4.78, 5) is 17.2. The average molecular weight is 271 g/mol. The van der Waals surface area contributed by atoms with Gasteiger partial charge >= 0.3 is 6.18 Å². The molecule has 0 aliphatic carbocycles. The van der Waals surface area contributed by atoms with E-state index in [9.17, 15) is 18.0 Å². The van der Waals surface area contributed by atoms with Crippen LogP contribution < -0.4 is 5.73 Å². The monoisotopic (exact) mass is 271 g/mol.